The van der Waals surface area contributed by atoms with E-state index >= 15 is 0 Å². The Hall–Kier alpha value is -3.22. The normalized spacial score (nSPS) is 10.7. The molecule has 0 saturated carbocycles. The Labute approximate surface area is 137 Å². The van der Waals surface area contributed by atoms with Gasteiger partial charge in [0.05, 0.1) is 34.5 Å². The molecule has 1 heterocycles. The summed E-state index contributed by atoms with van der Waals surface area (Å²) in [5, 5.41) is 10.8. The number of nitrogens with zero attached hydrogens (tertiary/aromatic N) is 3. The third-order valence-corrected chi connectivity index (χ3v) is 3.63. The molecular weight excluding hydrogens is 310 g/mol. The Morgan fingerprint density at radius 2 is 2.00 bits per heavy atom. The van der Waals surface area contributed by atoms with Crippen molar-refractivity contribution in [3.8, 4) is 0 Å². The van der Waals surface area contributed by atoms with Crippen LogP contribution >= 0.6 is 0 Å². The molecule has 3 aromatic rings. The van der Waals surface area contributed by atoms with Crippen LogP contribution in [0.25, 0.3) is 11.0 Å². The van der Waals surface area contributed by atoms with Gasteiger partial charge in [-0.1, -0.05) is 12.1 Å². The molecule has 0 saturated heterocycles. The van der Waals surface area contributed by atoms with Crippen LogP contribution in [0.15, 0.2) is 48.8 Å². The molecule has 0 aliphatic rings. The van der Waals surface area contributed by atoms with E-state index in [1.807, 2.05) is 16.7 Å². The summed E-state index contributed by atoms with van der Waals surface area (Å²) in [6.07, 6.45) is 1.65. The van der Waals surface area contributed by atoms with E-state index < -0.39 is 4.92 Å². The van der Waals surface area contributed by atoms with Gasteiger partial charge in [-0.15, -0.1) is 0 Å². The summed E-state index contributed by atoms with van der Waals surface area (Å²) in [5.74, 6) is -0.343. The van der Waals surface area contributed by atoms with Crippen molar-refractivity contribution in [1.82, 2.24) is 9.55 Å². The van der Waals surface area contributed by atoms with Crippen molar-refractivity contribution in [1.29, 1.82) is 0 Å². The Kier molecular flexibility index (Phi) is 4.24. The second kappa shape index (κ2) is 6.49. The van der Waals surface area contributed by atoms with Crippen molar-refractivity contribution >= 4 is 22.7 Å². The fourth-order valence-electron chi connectivity index (χ4n) is 2.45. The summed E-state index contributed by atoms with van der Waals surface area (Å²) in [6.45, 7) is 2.66. The lowest BCUT2D eigenvalue weighted by atomic mass is 10.1. The lowest BCUT2D eigenvalue weighted by Gasteiger charge is -2.06. The number of nitro groups is 1. The van der Waals surface area contributed by atoms with Crippen LogP contribution < -0.4 is 0 Å². The lowest BCUT2D eigenvalue weighted by Crippen LogP contribution is -2.05. The highest BCUT2D eigenvalue weighted by Crippen LogP contribution is 2.20. The fraction of sp³-hybridized carbons (Fsp3) is 0.176. The van der Waals surface area contributed by atoms with Gasteiger partial charge in [0, 0.05) is 18.7 Å². The second-order valence-corrected chi connectivity index (χ2v) is 5.22. The van der Waals surface area contributed by atoms with Crippen LogP contribution in [0.1, 0.15) is 22.8 Å². The van der Waals surface area contributed by atoms with Gasteiger partial charge >= 0.3 is 5.97 Å². The minimum absolute atomic E-state index is 0.0199. The molecule has 0 amide bonds. The summed E-state index contributed by atoms with van der Waals surface area (Å²) in [5.41, 5.74) is 2.90. The van der Waals surface area contributed by atoms with E-state index in [4.69, 9.17) is 4.74 Å². The summed E-state index contributed by atoms with van der Waals surface area (Å²) in [7, 11) is 0. The SMILES string of the molecule is CCOC(=O)c1ccc(Cn2cnc3cc([N+](=O)[O-])ccc32)cc1. The maximum Gasteiger partial charge on any atom is 0.338 e. The van der Waals surface area contributed by atoms with Gasteiger partial charge in [0.25, 0.3) is 5.69 Å². The molecule has 1 aromatic heterocycles. The van der Waals surface area contributed by atoms with Crippen LogP contribution in [0.2, 0.25) is 0 Å². The van der Waals surface area contributed by atoms with Crippen molar-refractivity contribution < 1.29 is 14.5 Å². The lowest BCUT2D eigenvalue weighted by molar-refractivity contribution is -0.384. The maximum atomic E-state index is 11.6. The Balaban J connectivity index is 1.82. The number of hydrogen-bond donors (Lipinski definition) is 0. The van der Waals surface area contributed by atoms with E-state index in [0.29, 0.717) is 24.2 Å². The zero-order valence-electron chi connectivity index (χ0n) is 13.0. The number of carbonyl (C=O) groups is 1. The third kappa shape index (κ3) is 3.10. The minimum atomic E-state index is -0.438. The molecule has 7 heteroatoms. The van der Waals surface area contributed by atoms with Crippen molar-refractivity contribution in [3.05, 3.63) is 70.0 Å². The molecule has 0 spiro atoms. The summed E-state index contributed by atoms with van der Waals surface area (Å²) in [6, 6.07) is 11.7. The van der Waals surface area contributed by atoms with Crippen molar-refractivity contribution in [2.45, 2.75) is 13.5 Å². The van der Waals surface area contributed by atoms with E-state index in [1.165, 1.54) is 12.1 Å². The van der Waals surface area contributed by atoms with Gasteiger partial charge in [-0.2, -0.15) is 0 Å². The van der Waals surface area contributed by atoms with E-state index in [0.717, 1.165) is 11.1 Å². The van der Waals surface area contributed by atoms with Crippen LogP contribution in [-0.4, -0.2) is 27.1 Å². The summed E-state index contributed by atoms with van der Waals surface area (Å²) >= 11 is 0. The molecule has 0 radical (unpaired) electrons. The molecule has 0 bridgehead atoms. The Morgan fingerprint density at radius 3 is 2.67 bits per heavy atom. The number of benzene rings is 2. The highest BCUT2D eigenvalue weighted by atomic mass is 16.6. The van der Waals surface area contributed by atoms with Crippen LogP contribution in [0.4, 0.5) is 5.69 Å². The predicted molar refractivity (Wildman–Crippen MR) is 87.9 cm³/mol. The molecule has 7 nitrogen and oxygen atoms in total. The summed E-state index contributed by atoms with van der Waals surface area (Å²) in [4.78, 5) is 26.2. The standard InChI is InChI=1S/C17H15N3O4/c1-2-24-17(21)13-5-3-12(4-6-13)10-19-11-18-15-9-14(20(22)23)7-8-16(15)19/h3-9,11H,2,10H2,1H3. The zero-order valence-corrected chi connectivity index (χ0v) is 13.0. The number of imidazole rings is 1. The molecule has 3 rings (SSSR count). The van der Waals surface area contributed by atoms with Crippen LogP contribution in [0, 0.1) is 10.1 Å². The van der Waals surface area contributed by atoms with Crippen LogP contribution in [0.3, 0.4) is 0 Å². The molecule has 0 aliphatic carbocycles. The first-order valence-electron chi connectivity index (χ1n) is 7.44. The minimum Gasteiger partial charge on any atom is -0.462 e. The first-order chi connectivity index (χ1) is 11.6. The number of rotatable bonds is 5. The first kappa shape index (κ1) is 15.7. The number of esters is 1. The smallest absolute Gasteiger partial charge is 0.338 e. The van der Waals surface area contributed by atoms with Gasteiger partial charge in [0.1, 0.15) is 0 Å². The Bertz CT molecular complexity index is 900. The van der Waals surface area contributed by atoms with Crippen molar-refractivity contribution in [2.24, 2.45) is 0 Å². The topological polar surface area (TPSA) is 87.3 Å². The number of fused-ring (bicyclic) bond motifs is 1. The molecule has 0 fully saturated rings. The van der Waals surface area contributed by atoms with Crippen LogP contribution in [-0.2, 0) is 11.3 Å². The number of hydrogen-bond acceptors (Lipinski definition) is 5. The average Bonchev–Trinajstić information content (AvgIpc) is 2.98. The van der Waals surface area contributed by atoms with E-state index in [-0.39, 0.29) is 11.7 Å². The highest BCUT2D eigenvalue weighted by molar-refractivity contribution is 5.89. The largest absolute Gasteiger partial charge is 0.462 e. The number of nitro benzene ring substituents is 1. The molecule has 122 valence electrons. The van der Waals surface area contributed by atoms with Crippen molar-refractivity contribution in [3.63, 3.8) is 0 Å². The average molecular weight is 325 g/mol. The zero-order chi connectivity index (χ0) is 17.1. The molecule has 24 heavy (non-hydrogen) atoms. The number of aromatic nitrogens is 2. The predicted octanol–water partition coefficient (Wildman–Crippen LogP) is 3.17. The fourth-order valence-corrected chi connectivity index (χ4v) is 2.45. The number of carbonyl (C=O) groups excluding carboxylic acids is 1. The van der Waals surface area contributed by atoms with Gasteiger partial charge in [-0.3, -0.25) is 10.1 Å². The molecule has 2 aromatic carbocycles. The third-order valence-electron chi connectivity index (χ3n) is 3.63. The van der Waals surface area contributed by atoms with Gasteiger partial charge < -0.3 is 9.30 Å². The van der Waals surface area contributed by atoms with E-state index in [2.05, 4.69) is 4.98 Å². The first-order valence-corrected chi connectivity index (χ1v) is 7.44. The molecule has 0 unspecified atom stereocenters. The number of ether oxygens (including phenoxy) is 1. The van der Waals surface area contributed by atoms with Gasteiger partial charge in [0.15, 0.2) is 0 Å². The highest BCUT2D eigenvalue weighted by Gasteiger charge is 2.11. The maximum absolute atomic E-state index is 11.6. The second-order valence-electron chi connectivity index (χ2n) is 5.22. The van der Waals surface area contributed by atoms with Gasteiger partial charge in [-0.05, 0) is 30.7 Å². The van der Waals surface area contributed by atoms with Gasteiger partial charge in [-0.25, -0.2) is 9.78 Å². The van der Waals surface area contributed by atoms with E-state index in [9.17, 15) is 14.9 Å². The quantitative estimate of drug-likeness (QED) is 0.408. The molecular formula is C17H15N3O4. The number of non-ortho nitro benzene ring substituents is 1. The van der Waals surface area contributed by atoms with Gasteiger partial charge in [0.2, 0.25) is 0 Å². The van der Waals surface area contributed by atoms with Crippen molar-refractivity contribution in [2.75, 3.05) is 6.61 Å². The van der Waals surface area contributed by atoms with E-state index in [1.54, 1.807) is 31.5 Å². The molecule has 0 N–H and O–H groups in total. The molecule has 0 atom stereocenters. The molecule has 0 aliphatic heterocycles. The summed E-state index contributed by atoms with van der Waals surface area (Å²) < 4.78 is 6.85. The monoisotopic (exact) mass is 325 g/mol. The van der Waals surface area contributed by atoms with Crippen LogP contribution in [0.5, 0.6) is 0 Å². The Morgan fingerprint density at radius 1 is 1.25 bits per heavy atom.